The van der Waals surface area contributed by atoms with Gasteiger partial charge >= 0.3 is 6.18 Å². The fourth-order valence-electron chi connectivity index (χ4n) is 1.73. The second kappa shape index (κ2) is 4.79. The van der Waals surface area contributed by atoms with Crippen molar-refractivity contribution in [3.05, 3.63) is 35.9 Å². The predicted octanol–water partition coefficient (Wildman–Crippen LogP) is 1.02. The maximum Gasteiger partial charge on any atom is 0.429 e. The van der Waals surface area contributed by atoms with E-state index < -0.39 is 18.3 Å². The number of rotatable bonds is 2. The lowest BCUT2D eigenvalue weighted by Gasteiger charge is -2.33. The van der Waals surface area contributed by atoms with E-state index in [4.69, 9.17) is 11.5 Å². The standard InChI is InChI=1S/C11H12F3N5/c12-11(13,14)8-17-9(15)18-10(16)19(8)6-7-4-2-1-3-5-7/h1-5,8H,6H2,(H4,15,16,17,18). The van der Waals surface area contributed by atoms with Gasteiger partial charge in [-0.05, 0) is 5.56 Å². The van der Waals surface area contributed by atoms with Crippen LogP contribution in [0.25, 0.3) is 0 Å². The first-order valence-electron chi connectivity index (χ1n) is 5.42. The van der Waals surface area contributed by atoms with Crippen molar-refractivity contribution in [2.45, 2.75) is 18.9 Å². The molecule has 5 nitrogen and oxygen atoms in total. The molecule has 0 amide bonds. The van der Waals surface area contributed by atoms with Gasteiger partial charge in [0, 0.05) is 6.54 Å². The molecule has 1 heterocycles. The monoisotopic (exact) mass is 271 g/mol. The molecular formula is C11H12F3N5. The van der Waals surface area contributed by atoms with Gasteiger partial charge in [-0.3, -0.25) is 0 Å². The van der Waals surface area contributed by atoms with Crippen LogP contribution < -0.4 is 11.5 Å². The van der Waals surface area contributed by atoms with E-state index in [1.165, 1.54) is 0 Å². The third-order valence-corrected chi connectivity index (χ3v) is 2.56. The molecule has 8 heteroatoms. The van der Waals surface area contributed by atoms with Crippen molar-refractivity contribution in [3.8, 4) is 0 Å². The topological polar surface area (TPSA) is 80.0 Å². The number of benzene rings is 1. The zero-order valence-electron chi connectivity index (χ0n) is 9.80. The molecule has 1 unspecified atom stereocenters. The van der Waals surface area contributed by atoms with Gasteiger partial charge < -0.3 is 16.4 Å². The Kier molecular flexibility index (Phi) is 3.32. The summed E-state index contributed by atoms with van der Waals surface area (Å²) >= 11 is 0. The second-order valence-electron chi connectivity index (χ2n) is 3.99. The number of guanidine groups is 2. The summed E-state index contributed by atoms with van der Waals surface area (Å²) in [6.07, 6.45) is -6.68. The summed E-state index contributed by atoms with van der Waals surface area (Å²) in [5.74, 6) is -0.761. The highest BCUT2D eigenvalue weighted by molar-refractivity contribution is 5.95. The quantitative estimate of drug-likeness (QED) is 0.842. The van der Waals surface area contributed by atoms with Crippen molar-refractivity contribution in [3.63, 3.8) is 0 Å². The van der Waals surface area contributed by atoms with E-state index in [-0.39, 0.29) is 12.5 Å². The third-order valence-electron chi connectivity index (χ3n) is 2.56. The normalized spacial score (nSPS) is 19.9. The van der Waals surface area contributed by atoms with Gasteiger partial charge in [0.2, 0.25) is 18.1 Å². The number of aliphatic imine (C=N–C) groups is 2. The highest BCUT2D eigenvalue weighted by Gasteiger charge is 2.46. The van der Waals surface area contributed by atoms with Gasteiger partial charge in [-0.2, -0.15) is 18.2 Å². The van der Waals surface area contributed by atoms with E-state index >= 15 is 0 Å². The molecule has 0 saturated heterocycles. The number of hydrogen-bond acceptors (Lipinski definition) is 5. The second-order valence-corrected chi connectivity index (χ2v) is 3.99. The van der Waals surface area contributed by atoms with Crippen LogP contribution in [0.4, 0.5) is 13.2 Å². The molecule has 0 radical (unpaired) electrons. The van der Waals surface area contributed by atoms with Crippen LogP contribution in [-0.2, 0) is 6.54 Å². The van der Waals surface area contributed by atoms with Crippen LogP contribution in [0.3, 0.4) is 0 Å². The molecule has 1 aliphatic rings. The number of nitrogens with zero attached hydrogens (tertiary/aromatic N) is 3. The first kappa shape index (κ1) is 13.2. The molecule has 1 aromatic rings. The molecule has 1 aromatic carbocycles. The molecule has 102 valence electrons. The van der Waals surface area contributed by atoms with Crippen molar-refractivity contribution < 1.29 is 13.2 Å². The minimum atomic E-state index is -4.57. The van der Waals surface area contributed by atoms with Gasteiger partial charge in [0.1, 0.15) is 0 Å². The van der Waals surface area contributed by atoms with Crippen LogP contribution in [0.1, 0.15) is 5.56 Å². The number of alkyl halides is 3. The minimum Gasteiger partial charge on any atom is -0.369 e. The molecule has 4 N–H and O–H groups in total. The Hall–Kier alpha value is -2.25. The molecule has 19 heavy (non-hydrogen) atoms. The van der Waals surface area contributed by atoms with Crippen molar-refractivity contribution >= 4 is 11.9 Å². The first-order valence-corrected chi connectivity index (χ1v) is 5.42. The summed E-state index contributed by atoms with van der Waals surface area (Å²) in [5, 5.41) is 0. The SMILES string of the molecule is NC1=NC(C(F)(F)F)N(Cc2ccccc2)C(N)=N1. The van der Waals surface area contributed by atoms with Crippen LogP contribution in [0, 0.1) is 0 Å². The molecule has 1 atom stereocenters. The largest absolute Gasteiger partial charge is 0.429 e. The smallest absolute Gasteiger partial charge is 0.369 e. The maximum absolute atomic E-state index is 12.9. The summed E-state index contributed by atoms with van der Waals surface area (Å²) in [4.78, 5) is 7.75. The predicted molar refractivity (Wildman–Crippen MR) is 65.1 cm³/mol. The lowest BCUT2D eigenvalue weighted by molar-refractivity contribution is -0.173. The Bertz CT molecular complexity index is 509. The molecule has 0 saturated carbocycles. The van der Waals surface area contributed by atoms with Gasteiger partial charge in [0.15, 0.2) is 0 Å². The third kappa shape index (κ3) is 2.95. The van der Waals surface area contributed by atoms with Gasteiger partial charge in [0.25, 0.3) is 0 Å². The first-order chi connectivity index (χ1) is 8.88. The van der Waals surface area contributed by atoms with Crippen LogP contribution in [0.5, 0.6) is 0 Å². The molecular weight excluding hydrogens is 259 g/mol. The average Bonchev–Trinajstić information content (AvgIpc) is 2.32. The average molecular weight is 271 g/mol. The van der Waals surface area contributed by atoms with E-state index in [1.54, 1.807) is 30.3 Å². The fourth-order valence-corrected chi connectivity index (χ4v) is 1.73. The highest BCUT2D eigenvalue weighted by Crippen LogP contribution is 2.28. The number of hydrogen-bond donors (Lipinski definition) is 2. The molecule has 0 fully saturated rings. The summed E-state index contributed by atoms with van der Waals surface area (Å²) in [5.41, 5.74) is 11.4. The van der Waals surface area contributed by atoms with Gasteiger partial charge in [-0.15, -0.1) is 0 Å². The summed E-state index contributed by atoms with van der Waals surface area (Å²) in [7, 11) is 0. The fraction of sp³-hybridized carbons (Fsp3) is 0.273. The van der Waals surface area contributed by atoms with Crippen LogP contribution in [0.2, 0.25) is 0 Å². The lowest BCUT2D eigenvalue weighted by Crippen LogP contribution is -2.53. The summed E-state index contributed by atoms with van der Waals surface area (Å²) in [6.45, 7) is -0.0445. The number of halogens is 3. The van der Waals surface area contributed by atoms with Crippen LogP contribution in [-0.4, -0.2) is 29.2 Å². The van der Waals surface area contributed by atoms with E-state index in [0.29, 0.717) is 5.56 Å². The molecule has 0 aliphatic carbocycles. The Morgan fingerprint density at radius 2 is 1.79 bits per heavy atom. The van der Waals surface area contributed by atoms with Gasteiger partial charge in [0.05, 0.1) is 0 Å². The highest BCUT2D eigenvalue weighted by atomic mass is 19.4. The Morgan fingerprint density at radius 1 is 1.16 bits per heavy atom. The molecule has 0 bridgehead atoms. The van der Waals surface area contributed by atoms with E-state index in [1.807, 2.05) is 0 Å². The minimum absolute atomic E-state index is 0.0445. The molecule has 0 aromatic heterocycles. The van der Waals surface area contributed by atoms with Gasteiger partial charge in [-0.1, -0.05) is 30.3 Å². The Morgan fingerprint density at radius 3 is 2.37 bits per heavy atom. The van der Waals surface area contributed by atoms with Crippen LogP contribution >= 0.6 is 0 Å². The zero-order chi connectivity index (χ0) is 14.0. The van der Waals surface area contributed by atoms with Crippen molar-refractivity contribution in [2.75, 3.05) is 0 Å². The summed E-state index contributed by atoms with van der Waals surface area (Å²) < 4.78 is 38.8. The maximum atomic E-state index is 12.9. The van der Waals surface area contributed by atoms with Crippen molar-refractivity contribution in [1.29, 1.82) is 0 Å². The van der Waals surface area contributed by atoms with Crippen molar-refractivity contribution in [2.24, 2.45) is 21.5 Å². The zero-order valence-corrected chi connectivity index (χ0v) is 9.80. The Balaban J connectivity index is 2.28. The van der Waals surface area contributed by atoms with E-state index in [0.717, 1.165) is 4.90 Å². The van der Waals surface area contributed by atoms with Crippen LogP contribution in [0.15, 0.2) is 40.3 Å². The van der Waals surface area contributed by atoms with E-state index in [9.17, 15) is 13.2 Å². The van der Waals surface area contributed by atoms with Gasteiger partial charge in [-0.25, -0.2) is 4.99 Å². The van der Waals surface area contributed by atoms with Crippen molar-refractivity contribution in [1.82, 2.24) is 4.90 Å². The Labute approximate surface area is 107 Å². The molecule has 1 aliphatic heterocycles. The van der Waals surface area contributed by atoms with E-state index in [2.05, 4.69) is 9.98 Å². The molecule has 2 rings (SSSR count). The number of nitrogens with two attached hydrogens (primary N) is 2. The summed E-state index contributed by atoms with van der Waals surface area (Å²) in [6, 6.07) is 8.62. The molecule has 0 spiro atoms. The lowest BCUT2D eigenvalue weighted by atomic mass is 10.2.